The third kappa shape index (κ3) is 2.25. The second-order valence-corrected chi connectivity index (χ2v) is 5.44. The Hall–Kier alpha value is -2.73. The van der Waals surface area contributed by atoms with E-state index in [1.807, 2.05) is 60.7 Å². The van der Waals surface area contributed by atoms with Crippen LogP contribution in [0.5, 0.6) is 0 Å². The molecule has 4 aromatic rings. The highest BCUT2D eigenvalue weighted by molar-refractivity contribution is 7.19. The largest absolute Gasteiger partial charge is 0.323 e. The number of aromatic nitrogens is 4. The zero-order valence-electron chi connectivity index (χ0n) is 11.0. The zero-order chi connectivity index (χ0) is 14.1. The molecule has 0 saturated heterocycles. The van der Waals surface area contributed by atoms with Crippen LogP contribution in [0.2, 0.25) is 0 Å². The van der Waals surface area contributed by atoms with Crippen LogP contribution in [0.3, 0.4) is 0 Å². The van der Waals surface area contributed by atoms with Crippen molar-refractivity contribution < 1.29 is 0 Å². The molecular formula is C15H11N5S. The molecule has 0 amide bonds. The van der Waals surface area contributed by atoms with Crippen molar-refractivity contribution in [3.8, 4) is 10.6 Å². The predicted octanol–water partition coefficient (Wildman–Crippen LogP) is 3.60. The first kappa shape index (κ1) is 12.0. The first-order valence-electron chi connectivity index (χ1n) is 6.50. The Balaban J connectivity index is 1.73. The Morgan fingerprint density at radius 3 is 2.33 bits per heavy atom. The van der Waals surface area contributed by atoms with Crippen LogP contribution in [0.4, 0.5) is 11.6 Å². The molecule has 21 heavy (non-hydrogen) atoms. The fraction of sp³-hybridized carbons (Fsp3) is 0. The fourth-order valence-electron chi connectivity index (χ4n) is 2.04. The lowest BCUT2D eigenvalue weighted by molar-refractivity contribution is 0.969. The second kappa shape index (κ2) is 4.99. The van der Waals surface area contributed by atoms with Crippen LogP contribution in [0.25, 0.3) is 15.5 Å². The molecule has 0 unspecified atom stereocenters. The molecule has 0 bridgehead atoms. The fourth-order valence-corrected chi connectivity index (χ4v) is 2.89. The summed E-state index contributed by atoms with van der Waals surface area (Å²) in [6.07, 6.45) is 0. The Bertz CT molecular complexity index is 867. The van der Waals surface area contributed by atoms with Gasteiger partial charge in [0.15, 0.2) is 0 Å². The summed E-state index contributed by atoms with van der Waals surface area (Å²) in [5, 5.41) is 17.0. The van der Waals surface area contributed by atoms with E-state index >= 15 is 0 Å². The Morgan fingerprint density at radius 2 is 1.57 bits per heavy atom. The van der Waals surface area contributed by atoms with Crippen LogP contribution in [-0.2, 0) is 0 Å². The number of hydrogen-bond donors (Lipinski definition) is 1. The lowest BCUT2D eigenvalue weighted by Crippen LogP contribution is -1.97. The van der Waals surface area contributed by atoms with Crippen molar-refractivity contribution in [2.24, 2.45) is 0 Å². The lowest BCUT2D eigenvalue weighted by atomic mass is 10.2. The molecule has 0 spiro atoms. The highest BCUT2D eigenvalue weighted by atomic mass is 32.1. The molecule has 6 heteroatoms. The van der Waals surface area contributed by atoms with Crippen molar-refractivity contribution in [2.75, 3.05) is 5.32 Å². The average molecular weight is 293 g/mol. The van der Waals surface area contributed by atoms with E-state index in [2.05, 4.69) is 20.6 Å². The van der Waals surface area contributed by atoms with Gasteiger partial charge in [-0.05, 0) is 12.1 Å². The summed E-state index contributed by atoms with van der Waals surface area (Å²) in [6, 6.07) is 19.9. The molecular weight excluding hydrogens is 282 g/mol. The Morgan fingerprint density at radius 1 is 0.857 bits per heavy atom. The van der Waals surface area contributed by atoms with E-state index in [-0.39, 0.29) is 0 Å². The number of para-hydroxylation sites is 1. The van der Waals surface area contributed by atoms with Gasteiger partial charge in [-0.2, -0.15) is 9.61 Å². The van der Waals surface area contributed by atoms with Crippen LogP contribution in [0, 0.1) is 0 Å². The van der Waals surface area contributed by atoms with E-state index in [0.717, 1.165) is 21.2 Å². The predicted molar refractivity (Wildman–Crippen MR) is 83.8 cm³/mol. The minimum atomic E-state index is 0.620. The maximum atomic E-state index is 4.59. The lowest BCUT2D eigenvalue weighted by Gasteiger charge is -2.01. The number of anilines is 2. The highest BCUT2D eigenvalue weighted by Gasteiger charge is 2.12. The van der Waals surface area contributed by atoms with Gasteiger partial charge >= 0.3 is 0 Å². The van der Waals surface area contributed by atoms with Crippen LogP contribution in [0.15, 0.2) is 60.7 Å². The van der Waals surface area contributed by atoms with Crippen molar-refractivity contribution in [1.29, 1.82) is 0 Å². The molecule has 5 nitrogen and oxygen atoms in total. The van der Waals surface area contributed by atoms with Gasteiger partial charge in [0.05, 0.1) is 0 Å². The van der Waals surface area contributed by atoms with Gasteiger partial charge in [-0.1, -0.05) is 59.9 Å². The third-order valence-corrected chi connectivity index (χ3v) is 3.99. The van der Waals surface area contributed by atoms with E-state index in [4.69, 9.17) is 0 Å². The minimum absolute atomic E-state index is 0.620. The van der Waals surface area contributed by atoms with Crippen molar-refractivity contribution in [3.63, 3.8) is 0 Å². The normalized spacial score (nSPS) is 10.9. The number of fused-ring (bicyclic) bond motifs is 1. The number of hydrogen-bond acceptors (Lipinski definition) is 5. The average Bonchev–Trinajstić information content (AvgIpc) is 3.11. The van der Waals surface area contributed by atoms with E-state index < -0.39 is 0 Å². The molecule has 0 aliphatic rings. The van der Waals surface area contributed by atoms with E-state index in [0.29, 0.717) is 5.95 Å². The summed E-state index contributed by atoms with van der Waals surface area (Å²) in [5.41, 5.74) is 2.04. The standard InChI is InChI=1S/C15H11N5S/c1-3-7-11(8-4-1)13-19-20-14(17-18-15(20)21-13)16-12-9-5-2-6-10-12/h1-10H,(H,16,17). The summed E-state index contributed by atoms with van der Waals surface area (Å²) in [5.74, 6) is 0.620. The van der Waals surface area contributed by atoms with Gasteiger partial charge in [-0.25, -0.2) is 0 Å². The summed E-state index contributed by atoms with van der Waals surface area (Å²) in [6.45, 7) is 0. The monoisotopic (exact) mass is 293 g/mol. The molecule has 4 rings (SSSR count). The van der Waals surface area contributed by atoms with Crippen LogP contribution >= 0.6 is 11.3 Å². The molecule has 0 aliphatic heterocycles. The minimum Gasteiger partial charge on any atom is -0.323 e. The van der Waals surface area contributed by atoms with Gasteiger partial charge in [0.2, 0.25) is 4.96 Å². The molecule has 0 radical (unpaired) electrons. The summed E-state index contributed by atoms with van der Waals surface area (Å²) >= 11 is 1.52. The van der Waals surface area contributed by atoms with E-state index in [1.54, 1.807) is 4.52 Å². The second-order valence-electron chi connectivity index (χ2n) is 4.48. The Labute approximate surface area is 124 Å². The van der Waals surface area contributed by atoms with Gasteiger partial charge in [-0.15, -0.1) is 10.2 Å². The van der Waals surface area contributed by atoms with Crippen molar-refractivity contribution in [1.82, 2.24) is 19.8 Å². The quantitative estimate of drug-likeness (QED) is 0.627. The van der Waals surface area contributed by atoms with Gasteiger partial charge in [0, 0.05) is 11.3 Å². The molecule has 2 aromatic heterocycles. The molecule has 0 saturated carbocycles. The van der Waals surface area contributed by atoms with Gasteiger partial charge in [-0.3, -0.25) is 0 Å². The SMILES string of the molecule is c1ccc(Nc2nnc3sc(-c4ccccc4)nn23)cc1. The third-order valence-electron chi connectivity index (χ3n) is 3.04. The van der Waals surface area contributed by atoms with Gasteiger partial charge in [0.1, 0.15) is 5.01 Å². The molecule has 0 fully saturated rings. The summed E-state index contributed by atoms with van der Waals surface area (Å²) < 4.78 is 1.74. The molecule has 2 aromatic carbocycles. The maximum Gasteiger partial charge on any atom is 0.251 e. The zero-order valence-corrected chi connectivity index (χ0v) is 11.8. The van der Waals surface area contributed by atoms with Crippen molar-refractivity contribution >= 4 is 27.9 Å². The molecule has 102 valence electrons. The number of benzene rings is 2. The van der Waals surface area contributed by atoms with Gasteiger partial charge in [0.25, 0.3) is 5.95 Å². The Kier molecular flexibility index (Phi) is 2.86. The van der Waals surface area contributed by atoms with Crippen LogP contribution in [0.1, 0.15) is 0 Å². The molecule has 0 aliphatic carbocycles. The van der Waals surface area contributed by atoms with Crippen molar-refractivity contribution in [3.05, 3.63) is 60.7 Å². The van der Waals surface area contributed by atoms with E-state index in [1.165, 1.54) is 11.3 Å². The number of nitrogens with zero attached hydrogens (tertiary/aromatic N) is 4. The maximum absolute atomic E-state index is 4.59. The topological polar surface area (TPSA) is 55.1 Å². The molecule has 0 atom stereocenters. The van der Waals surface area contributed by atoms with Crippen molar-refractivity contribution in [2.45, 2.75) is 0 Å². The molecule has 1 N–H and O–H groups in total. The highest BCUT2D eigenvalue weighted by Crippen LogP contribution is 2.26. The van der Waals surface area contributed by atoms with Crippen LogP contribution in [-0.4, -0.2) is 19.8 Å². The first-order valence-corrected chi connectivity index (χ1v) is 7.31. The summed E-state index contributed by atoms with van der Waals surface area (Å²) in [4.78, 5) is 0.771. The number of nitrogens with one attached hydrogen (secondary N) is 1. The molecule has 2 heterocycles. The van der Waals surface area contributed by atoms with Crippen LogP contribution < -0.4 is 5.32 Å². The number of rotatable bonds is 3. The summed E-state index contributed by atoms with van der Waals surface area (Å²) in [7, 11) is 0. The first-order chi connectivity index (χ1) is 10.4. The van der Waals surface area contributed by atoms with Gasteiger partial charge < -0.3 is 5.32 Å². The van der Waals surface area contributed by atoms with E-state index in [9.17, 15) is 0 Å². The smallest absolute Gasteiger partial charge is 0.251 e.